The van der Waals surface area contributed by atoms with Crippen LogP contribution in [-0.2, 0) is 9.47 Å². The number of carbonyl (C=O) groups is 2. The Morgan fingerprint density at radius 2 is 1.18 bits per heavy atom. The number of hydrogen-bond donors (Lipinski definition) is 2. The highest BCUT2D eigenvalue weighted by Crippen LogP contribution is 2.27. The van der Waals surface area contributed by atoms with Crippen molar-refractivity contribution >= 4 is 11.9 Å². The van der Waals surface area contributed by atoms with Crippen LogP contribution in [-0.4, -0.2) is 49.6 Å². The second-order valence-corrected chi connectivity index (χ2v) is 5.44. The maximum atomic E-state index is 11.9. The third kappa shape index (κ3) is 5.41. The molecule has 0 saturated carbocycles. The molecule has 2 rings (SSSR count). The zero-order valence-electron chi connectivity index (χ0n) is 15.4. The summed E-state index contributed by atoms with van der Waals surface area (Å²) in [6, 6.07) is 8.24. The molecule has 0 aromatic heterocycles. The van der Waals surface area contributed by atoms with E-state index in [0.29, 0.717) is 0 Å². The number of hydrogen-bond acceptors (Lipinski definition) is 8. The topological polar surface area (TPSA) is 112 Å². The summed E-state index contributed by atoms with van der Waals surface area (Å²) in [6.07, 6.45) is 3.06. The minimum absolute atomic E-state index is 0.0212. The number of rotatable bonds is 8. The minimum Gasteiger partial charge on any atom is -0.504 e. The molecule has 0 amide bonds. The fourth-order valence-electron chi connectivity index (χ4n) is 2.16. The van der Waals surface area contributed by atoms with E-state index < -0.39 is 11.9 Å². The molecular weight excluding hydrogens is 368 g/mol. The molecule has 28 heavy (non-hydrogen) atoms. The first kappa shape index (κ1) is 20.6. The molecule has 0 fully saturated rings. The van der Waals surface area contributed by atoms with Gasteiger partial charge in [0.1, 0.15) is 13.2 Å². The zero-order chi connectivity index (χ0) is 20.5. The summed E-state index contributed by atoms with van der Waals surface area (Å²) in [7, 11) is 2.75. The van der Waals surface area contributed by atoms with Gasteiger partial charge >= 0.3 is 11.9 Å². The number of methoxy groups -OCH3 is 2. The van der Waals surface area contributed by atoms with Gasteiger partial charge in [0, 0.05) is 0 Å². The van der Waals surface area contributed by atoms with Gasteiger partial charge in [0.15, 0.2) is 23.0 Å². The molecule has 2 N–H and O–H groups in total. The van der Waals surface area contributed by atoms with Gasteiger partial charge in [0.05, 0.1) is 25.3 Å². The van der Waals surface area contributed by atoms with Gasteiger partial charge in [-0.1, -0.05) is 0 Å². The molecular formula is C20H20O8. The molecule has 0 aliphatic rings. The summed E-state index contributed by atoms with van der Waals surface area (Å²) in [5.41, 5.74) is 0.464. The van der Waals surface area contributed by atoms with E-state index >= 15 is 0 Å². The highest BCUT2D eigenvalue weighted by Gasteiger charge is 2.11. The van der Waals surface area contributed by atoms with Crippen LogP contribution >= 0.6 is 0 Å². The van der Waals surface area contributed by atoms with Gasteiger partial charge in [-0.2, -0.15) is 0 Å². The predicted octanol–water partition coefficient (Wildman–Crippen LogP) is 2.69. The Morgan fingerprint density at radius 1 is 0.786 bits per heavy atom. The Labute approximate surface area is 161 Å². The first-order valence-corrected chi connectivity index (χ1v) is 8.19. The van der Waals surface area contributed by atoms with Crippen molar-refractivity contribution in [2.45, 2.75) is 0 Å². The summed E-state index contributed by atoms with van der Waals surface area (Å²) in [4.78, 5) is 23.9. The van der Waals surface area contributed by atoms with E-state index in [-0.39, 0.29) is 47.3 Å². The molecule has 0 aliphatic carbocycles. The van der Waals surface area contributed by atoms with Crippen molar-refractivity contribution in [2.24, 2.45) is 0 Å². The summed E-state index contributed by atoms with van der Waals surface area (Å²) in [5, 5.41) is 19.0. The van der Waals surface area contributed by atoms with E-state index in [2.05, 4.69) is 0 Å². The van der Waals surface area contributed by atoms with E-state index in [0.717, 1.165) is 0 Å². The van der Waals surface area contributed by atoms with Crippen molar-refractivity contribution in [1.82, 2.24) is 0 Å². The number of phenols is 2. The molecule has 8 nitrogen and oxygen atoms in total. The molecule has 0 spiro atoms. The van der Waals surface area contributed by atoms with Crippen LogP contribution in [0.3, 0.4) is 0 Å². The number of esters is 2. The molecule has 148 valence electrons. The van der Waals surface area contributed by atoms with Crippen molar-refractivity contribution in [3.63, 3.8) is 0 Å². The van der Waals surface area contributed by atoms with Crippen LogP contribution in [0.4, 0.5) is 0 Å². The number of aromatic hydroxyl groups is 2. The smallest absolute Gasteiger partial charge is 0.338 e. The van der Waals surface area contributed by atoms with E-state index in [4.69, 9.17) is 18.9 Å². The Hall–Kier alpha value is -3.68. The van der Waals surface area contributed by atoms with Crippen LogP contribution in [0.1, 0.15) is 20.7 Å². The van der Waals surface area contributed by atoms with E-state index in [1.807, 2.05) is 0 Å². The first-order chi connectivity index (χ1) is 13.5. The Bertz CT molecular complexity index is 801. The maximum Gasteiger partial charge on any atom is 0.338 e. The van der Waals surface area contributed by atoms with Gasteiger partial charge in [-0.3, -0.25) is 0 Å². The van der Waals surface area contributed by atoms with E-state index in [1.165, 1.54) is 62.8 Å². The van der Waals surface area contributed by atoms with E-state index in [9.17, 15) is 19.8 Å². The molecule has 0 heterocycles. The SMILES string of the molecule is COc1cc(C(=O)OCC=CCOC(=O)c2ccc(O)c(OC)c2)ccc1O. The molecule has 0 radical (unpaired) electrons. The fourth-order valence-corrected chi connectivity index (χ4v) is 2.16. The predicted molar refractivity (Wildman–Crippen MR) is 99.0 cm³/mol. The lowest BCUT2D eigenvalue weighted by Gasteiger charge is -2.07. The summed E-state index contributed by atoms with van der Waals surface area (Å²) >= 11 is 0. The van der Waals surface area contributed by atoms with Gasteiger partial charge in [0.25, 0.3) is 0 Å². The van der Waals surface area contributed by atoms with Crippen LogP contribution in [0.25, 0.3) is 0 Å². The van der Waals surface area contributed by atoms with Crippen LogP contribution in [0, 0.1) is 0 Å². The van der Waals surface area contributed by atoms with Crippen LogP contribution < -0.4 is 9.47 Å². The molecule has 8 heteroatoms. The molecule has 0 saturated heterocycles. The molecule has 0 unspecified atom stereocenters. The van der Waals surface area contributed by atoms with Crippen molar-refractivity contribution in [3.05, 3.63) is 59.7 Å². The Morgan fingerprint density at radius 3 is 1.54 bits per heavy atom. The van der Waals surface area contributed by atoms with Crippen molar-refractivity contribution < 1.29 is 38.7 Å². The maximum absolute atomic E-state index is 11.9. The minimum atomic E-state index is -0.587. The number of benzene rings is 2. The highest BCUT2D eigenvalue weighted by molar-refractivity contribution is 5.90. The Balaban J connectivity index is 1.78. The highest BCUT2D eigenvalue weighted by atomic mass is 16.5. The summed E-state index contributed by atoms with van der Waals surface area (Å²) in [6.45, 7) is -0.0424. The monoisotopic (exact) mass is 388 g/mol. The Kier molecular flexibility index (Phi) is 7.27. The van der Waals surface area contributed by atoms with Crippen LogP contribution in [0.2, 0.25) is 0 Å². The standard InChI is InChI=1S/C20H20O8/c1-25-17-11-13(5-7-15(17)21)19(23)27-9-3-4-10-28-20(24)14-6-8-16(22)18(12-14)26-2/h3-8,11-12,21-22H,9-10H2,1-2H3. The first-order valence-electron chi connectivity index (χ1n) is 8.19. The van der Waals surface area contributed by atoms with Crippen molar-refractivity contribution in [1.29, 1.82) is 0 Å². The lowest BCUT2D eigenvalue weighted by atomic mass is 10.2. The fraction of sp³-hybridized carbons (Fsp3) is 0.200. The van der Waals surface area contributed by atoms with Gasteiger partial charge in [-0.05, 0) is 48.6 Å². The van der Waals surface area contributed by atoms with Gasteiger partial charge < -0.3 is 29.2 Å². The second kappa shape index (κ2) is 9.86. The molecule has 0 aliphatic heterocycles. The normalized spacial score (nSPS) is 10.5. The number of carbonyl (C=O) groups excluding carboxylic acids is 2. The second-order valence-electron chi connectivity index (χ2n) is 5.44. The third-order valence-electron chi connectivity index (χ3n) is 3.62. The lowest BCUT2D eigenvalue weighted by molar-refractivity contribution is 0.0527. The molecule has 0 bridgehead atoms. The molecule has 2 aromatic carbocycles. The zero-order valence-corrected chi connectivity index (χ0v) is 15.4. The van der Waals surface area contributed by atoms with E-state index in [1.54, 1.807) is 0 Å². The molecule has 2 aromatic rings. The van der Waals surface area contributed by atoms with Crippen molar-refractivity contribution in [3.8, 4) is 23.0 Å². The van der Waals surface area contributed by atoms with Gasteiger partial charge in [-0.25, -0.2) is 9.59 Å². The average Bonchev–Trinajstić information content (AvgIpc) is 2.70. The molecule has 0 atom stereocenters. The van der Waals surface area contributed by atoms with Crippen LogP contribution in [0.5, 0.6) is 23.0 Å². The largest absolute Gasteiger partial charge is 0.504 e. The van der Waals surface area contributed by atoms with Gasteiger partial charge in [0.2, 0.25) is 0 Å². The number of phenolic OH excluding ortho intramolecular Hbond substituents is 2. The third-order valence-corrected chi connectivity index (χ3v) is 3.62. The lowest BCUT2D eigenvalue weighted by Crippen LogP contribution is -2.07. The summed E-state index contributed by atoms with van der Waals surface area (Å²) in [5.74, 6) is -0.989. The number of ether oxygens (including phenoxy) is 4. The van der Waals surface area contributed by atoms with Crippen molar-refractivity contribution in [2.75, 3.05) is 27.4 Å². The average molecular weight is 388 g/mol. The van der Waals surface area contributed by atoms with Crippen LogP contribution in [0.15, 0.2) is 48.6 Å². The quantitative estimate of drug-likeness (QED) is 0.524. The summed E-state index contributed by atoms with van der Waals surface area (Å²) < 4.78 is 20.0. The van der Waals surface area contributed by atoms with Gasteiger partial charge in [-0.15, -0.1) is 0 Å².